The van der Waals surface area contributed by atoms with Gasteiger partial charge in [-0.1, -0.05) is 24.3 Å². The first-order valence-electron chi connectivity index (χ1n) is 10.6. The van der Waals surface area contributed by atoms with Gasteiger partial charge >= 0.3 is 5.97 Å². The third-order valence-electron chi connectivity index (χ3n) is 6.82. The average Bonchev–Trinajstić information content (AvgIpc) is 3.39. The van der Waals surface area contributed by atoms with Crippen LogP contribution in [0.2, 0.25) is 0 Å². The van der Waals surface area contributed by atoms with E-state index < -0.39 is 5.41 Å². The molecule has 0 unspecified atom stereocenters. The molecule has 1 atom stereocenters. The molecule has 0 saturated carbocycles. The fourth-order valence-corrected chi connectivity index (χ4v) is 5.43. The normalized spacial score (nSPS) is 22.1. The van der Waals surface area contributed by atoms with Crippen LogP contribution >= 0.6 is 0 Å². The minimum Gasteiger partial charge on any atom is -0.465 e. The van der Waals surface area contributed by atoms with Crippen LogP contribution in [0.25, 0.3) is 0 Å². The van der Waals surface area contributed by atoms with Gasteiger partial charge in [0.1, 0.15) is 5.41 Å². The molecule has 0 fully saturated rings. The molecule has 5 rings (SSSR count). The van der Waals surface area contributed by atoms with E-state index >= 15 is 0 Å². The number of Topliss-reactive ketones (excluding diaryl/α,β-unsaturated/α-hetero) is 1. The van der Waals surface area contributed by atoms with Crippen LogP contribution in [0.15, 0.2) is 30.3 Å². The van der Waals surface area contributed by atoms with E-state index in [9.17, 15) is 9.59 Å². The molecule has 3 nitrogen and oxygen atoms in total. The van der Waals surface area contributed by atoms with Gasteiger partial charge < -0.3 is 4.74 Å². The van der Waals surface area contributed by atoms with Gasteiger partial charge in [0, 0.05) is 5.56 Å². The lowest BCUT2D eigenvalue weighted by atomic mass is 9.77. The van der Waals surface area contributed by atoms with Crippen molar-refractivity contribution in [3.63, 3.8) is 0 Å². The first-order valence-corrected chi connectivity index (χ1v) is 10.6. The fourth-order valence-electron chi connectivity index (χ4n) is 5.43. The number of rotatable bonds is 4. The molecule has 0 radical (unpaired) electrons. The van der Waals surface area contributed by atoms with Gasteiger partial charge in [-0.2, -0.15) is 0 Å². The Bertz CT molecular complexity index is 988. The second kappa shape index (κ2) is 6.58. The number of fused-ring (bicyclic) bond motifs is 3. The molecule has 0 N–H and O–H groups in total. The molecule has 0 spiro atoms. The van der Waals surface area contributed by atoms with E-state index in [1.807, 2.05) is 6.92 Å². The van der Waals surface area contributed by atoms with Crippen molar-refractivity contribution in [3.8, 4) is 0 Å². The molecule has 3 aliphatic carbocycles. The fraction of sp³-hybridized carbons (Fsp3) is 0.440. The highest BCUT2D eigenvalue weighted by molar-refractivity contribution is 6.16. The Morgan fingerprint density at radius 2 is 1.61 bits per heavy atom. The quantitative estimate of drug-likeness (QED) is 0.595. The predicted octanol–water partition coefficient (Wildman–Crippen LogP) is 4.20. The van der Waals surface area contributed by atoms with Gasteiger partial charge in [0.2, 0.25) is 0 Å². The topological polar surface area (TPSA) is 43.4 Å². The molecular formula is C25H26O3. The lowest BCUT2D eigenvalue weighted by Crippen LogP contribution is -2.41. The molecule has 0 aliphatic heterocycles. The second-order valence-electron chi connectivity index (χ2n) is 8.57. The van der Waals surface area contributed by atoms with Crippen molar-refractivity contribution in [2.45, 2.75) is 58.3 Å². The number of ether oxygens (including phenoxy) is 1. The van der Waals surface area contributed by atoms with Crippen molar-refractivity contribution < 1.29 is 14.3 Å². The molecule has 0 amide bonds. The minimum absolute atomic E-state index is 0.0452. The van der Waals surface area contributed by atoms with Crippen molar-refractivity contribution in [3.05, 3.63) is 69.3 Å². The summed E-state index contributed by atoms with van der Waals surface area (Å²) in [5.74, 6) is -0.409. The standard InChI is InChI=1S/C25H26O3/c1-2-28-24(27)25(14-16-9-10-17-5-3-6-18(17)11-16)15-21-12-19-7-4-8-20(19)13-22(21)23(25)26/h9-13H,2-8,14-15H2,1H3/t25-/m1/s1. The van der Waals surface area contributed by atoms with Crippen molar-refractivity contribution in [1.29, 1.82) is 0 Å². The average molecular weight is 374 g/mol. The molecule has 2 aromatic carbocycles. The number of hydrogen-bond acceptors (Lipinski definition) is 3. The van der Waals surface area contributed by atoms with E-state index in [1.54, 1.807) is 0 Å². The summed E-state index contributed by atoms with van der Waals surface area (Å²) in [4.78, 5) is 26.7. The van der Waals surface area contributed by atoms with Gasteiger partial charge in [-0.3, -0.25) is 9.59 Å². The first kappa shape index (κ1) is 17.7. The zero-order chi connectivity index (χ0) is 19.3. The summed E-state index contributed by atoms with van der Waals surface area (Å²) in [6, 6.07) is 10.7. The number of carbonyl (C=O) groups excluding carboxylic acids is 2. The Hall–Kier alpha value is -2.42. The molecule has 144 valence electrons. The number of esters is 1. The third-order valence-corrected chi connectivity index (χ3v) is 6.82. The summed E-state index contributed by atoms with van der Waals surface area (Å²) >= 11 is 0. The monoisotopic (exact) mass is 374 g/mol. The summed E-state index contributed by atoms with van der Waals surface area (Å²) in [6.07, 6.45) is 7.58. The number of ketones is 1. The lowest BCUT2D eigenvalue weighted by Gasteiger charge is -2.25. The largest absolute Gasteiger partial charge is 0.465 e. The van der Waals surface area contributed by atoms with E-state index in [0.717, 1.165) is 48.8 Å². The van der Waals surface area contributed by atoms with Crippen LogP contribution in [0, 0.1) is 5.41 Å². The molecule has 3 heteroatoms. The smallest absolute Gasteiger partial charge is 0.320 e. The molecule has 3 aliphatic rings. The van der Waals surface area contributed by atoms with Crippen molar-refractivity contribution in [1.82, 2.24) is 0 Å². The zero-order valence-electron chi connectivity index (χ0n) is 16.5. The Morgan fingerprint density at radius 1 is 0.929 bits per heavy atom. The van der Waals surface area contributed by atoms with E-state index in [1.165, 1.54) is 28.7 Å². The Labute approximate surface area is 166 Å². The van der Waals surface area contributed by atoms with Crippen LogP contribution in [-0.4, -0.2) is 18.4 Å². The molecule has 0 aromatic heterocycles. The van der Waals surface area contributed by atoms with E-state index in [4.69, 9.17) is 4.74 Å². The van der Waals surface area contributed by atoms with Gasteiger partial charge in [-0.25, -0.2) is 0 Å². The Balaban J connectivity index is 1.55. The third kappa shape index (κ3) is 2.63. The summed E-state index contributed by atoms with van der Waals surface area (Å²) in [7, 11) is 0. The Morgan fingerprint density at radius 3 is 2.36 bits per heavy atom. The first-order chi connectivity index (χ1) is 13.6. The maximum atomic E-state index is 13.6. The van der Waals surface area contributed by atoms with E-state index in [-0.39, 0.29) is 11.8 Å². The van der Waals surface area contributed by atoms with E-state index in [0.29, 0.717) is 19.4 Å². The summed E-state index contributed by atoms with van der Waals surface area (Å²) in [5, 5.41) is 0. The Kier molecular flexibility index (Phi) is 4.15. The number of hydrogen-bond donors (Lipinski definition) is 0. The number of carbonyl (C=O) groups is 2. The van der Waals surface area contributed by atoms with Gasteiger partial charge in [0.05, 0.1) is 6.61 Å². The van der Waals surface area contributed by atoms with Crippen LogP contribution in [0.5, 0.6) is 0 Å². The van der Waals surface area contributed by atoms with Crippen LogP contribution in [0.4, 0.5) is 0 Å². The highest BCUT2D eigenvalue weighted by Gasteiger charge is 2.53. The van der Waals surface area contributed by atoms with Gasteiger partial charge in [0.15, 0.2) is 5.78 Å². The summed E-state index contributed by atoms with van der Waals surface area (Å²) < 4.78 is 5.44. The van der Waals surface area contributed by atoms with Crippen LogP contribution in [-0.2, 0) is 48.1 Å². The summed E-state index contributed by atoms with van der Waals surface area (Å²) in [6.45, 7) is 2.10. The van der Waals surface area contributed by atoms with Crippen molar-refractivity contribution >= 4 is 11.8 Å². The lowest BCUT2D eigenvalue weighted by molar-refractivity contribution is -0.152. The molecule has 0 heterocycles. The van der Waals surface area contributed by atoms with Crippen molar-refractivity contribution in [2.24, 2.45) is 5.41 Å². The maximum Gasteiger partial charge on any atom is 0.320 e. The SMILES string of the molecule is CCOC(=O)[C@]1(Cc2ccc3c(c2)CCC3)Cc2cc3c(cc2C1=O)CCC3. The number of benzene rings is 2. The van der Waals surface area contributed by atoms with Crippen LogP contribution in [0.1, 0.15) is 63.5 Å². The molecule has 0 saturated heterocycles. The van der Waals surface area contributed by atoms with Crippen LogP contribution in [0.3, 0.4) is 0 Å². The van der Waals surface area contributed by atoms with Gasteiger partial charge in [-0.05, 0) is 97.7 Å². The van der Waals surface area contributed by atoms with Gasteiger partial charge in [0.25, 0.3) is 0 Å². The van der Waals surface area contributed by atoms with Crippen LogP contribution < -0.4 is 0 Å². The minimum atomic E-state index is -1.11. The molecule has 2 aromatic rings. The predicted molar refractivity (Wildman–Crippen MR) is 108 cm³/mol. The number of aryl methyl sites for hydroxylation is 4. The maximum absolute atomic E-state index is 13.6. The van der Waals surface area contributed by atoms with E-state index in [2.05, 4.69) is 30.3 Å². The molecule has 28 heavy (non-hydrogen) atoms. The van der Waals surface area contributed by atoms with Gasteiger partial charge in [-0.15, -0.1) is 0 Å². The molecular weight excluding hydrogens is 348 g/mol. The van der Waals surface area contributed by atoms with Crippen molar-refractivity contribution in [2.75, 3.05) is 6.61 Å². The zero-order valence-corrected chi connectivity index (χ0v) is 16.5. The highest BCUT2D eigenvalue weighted by atomic mass is 16.5. The summed E-state index contributed by atoms with van der Waals surface area (Å²) in [5.41, 5.74) is 7.15. The highest BCUT2D eigenvalue weighted by Crippen LogP contribution is 2.43. The molecule has 0 bridgehead atoms. The second-order valence-corrected chi connectivity index (χ2v) is 8.57.